The van der Waals surface area contributed by atoms with E-state index in [2.05, 4.69) is 28.5 Å². The summed E-state index contributed by atoms with van der Waals surface area (Å²) in [5.41, 5.74) is 9.26. The summed E-state index contributed by atoms with van der Waals surface area (Å²) in [4.78, 5) is 4.54. The van der Waals surface area contributed by atoms with Gasteiger partial charge in [-0.2, -0.15) is 5.10 Å². The molecule has 1 saturated carbocycles. The molecule has 2 unspecified atom stereocenters. The van der Waals surface area contributed by atoms with Gasteiger partial charge in [-0.1, -0.05) is 20.3 Å². The highest BCUT2D eigenvalue weighted by Gasteiger charge is 2.29. The van der Waals surface area contributed by atoms with Gasteiger partial charge in [-0.05, 0) is 25.2 Å². The molecule has 1 fully saturated rings. The molecule has 0 saturated heterocycles. The number of hydrogen-bond acceptors (Lipinski definition) is 3. The molecule has 3 rings (SSSR count). The number of nitrogens with zero attached hydrogens (tertiary/aromatic N) is 4. The molecule has 2 atom stereocenters. The van der Waals surface area contributed by atoms with Crippen LogP contribution in [0.25, 0.3) is 11.2 Å². The van der Waals surface area contributed by atoms with Gasteiger partial charge in [-0.3, -0.25) is 9.25 Å². The average Bonchev–Trinajstić information content (AvgIpc) is 2.96. The Bertz CT molecular complexity index is 580. The van der Waals surface area contributed by atoms with Crippen molar-refractivity contribution in [3.63, 3.8) is 0 Å². The SMILES string of the molecule is CCc1nn(C)c2c1nc(N)n2C1CCCC1C. The Balaban J connectivity index is 2.22. The minimum absolute atomic E-state index is 0.482. The van der Waals surface area contributed by atoms with E-state index in [0.717, 1.165) is 23.3 Å². The molecule has 18 heavy (non-hydrogen) atoms. The van der Waals surface area contributed by atoms with Crippen LogP contribution in [0.4, 0.5) is 5.95 Å². The Labute approximate surface area is 107 Å². The first kappa shape index (κ1) is 11.6. The lowest BCUT2D eigenvalue weighted by atomic mass is 10.1. The zero-order chi connectivity index (χ0) is 12.9. The van der Waals surface area contributed by atoms with Gasteiger partial charge in [0, 0.05) is 13.1 Å². The second kappa shape index (κ2) is 4.00. The lowest BCUT2D eigenvalue weighted by molar-refractivity contribution is 0.416. The molecule has 2 aromatic rings. The van der Waals surface area contributed by atoms with Crippen molar-refractivity contribution in [1.29, 1.82) is 0 Å². The highest BCUT2D eigenvalue weighted by atomic mass is 15.4. The molecule has 98 valence electrons. The second-order valence-electron chi connectivity index (χ2n) is 5.41. The van der Waals surface area contributed by atoms with E-state index in [1.807, 2.05) is 11.7 Å². The zero-order valence-corrected chi connectivity index (χ0v) is 11.3. The highest BCUT2D eigenvalue weighted by Crippen LogP contribution is 2.39. The first-order valence-electron chi connectivity index (χ1n) is 6.82. The van der Waals surface area contributed by atoms with Crippen LogP contribution >= 0.6 is 0 Å². The van der Waals surface area contributed by atoms with Gasteiger partial charge in [0.15, 0.2) is 5.65 Å². The number of aryl methyl sites for hydroxylation is 2. The second-order valence-corrected chi connectivity index (χ2v) is 5.41. The summed E-state index contributed by atoms with van der Waals surface area (Å²) in [5.74, 6) is 1.32. The van der Waals surface area contributed by atoms with E-state index >= 15 is 0 Å². The van der Waals surface area contributed by atoms with Gasteiger partial charge >= 0.3 is 0 Å². The number of fused-ring (bicyclic) bond motifs is 1. The lowest BCUT2D eigenvalue weighted by Crippen LogP contribution is -2.16. The van der Waals surface area contributed by atoms with Crippen molar-refractivity contribution in [2.75, 3.05) is 5.73 Å². The molecule has 5 heteroatoms. The maximum Gasteiger partial charge on any atom is 0.202 e. The quantitative estimate of drug-likeness (QED) is 0.885. The van der Waals surface area contributed by atoms with E-state index in [0.29, 0.717) is 17.9 Å². The van der Waals surface area contributed by atoms with Crippen molar-refractivity contribution in [3.8, 4) is 0 Å². The molecule has 1 aliphatic rings. The fourth-order valence-corrected chi connectivity index (χ4v) is 3.29. The van der Waals surface area contributed by atoms with E-state index in [9.17, 15) is 0 Å². The molecule has 0 aromatic carbocycles. The molecule has 2 heterocycles. The first-order valence-corrected chi connectivity index (χ1v) is 6.82. The van der Waals surface area contributed by atoms with Gasteiger partial charge in [0.05, 0.1) is 5.69 Å². The molecule has 1 aliphatic carbocycles. The van der Waals surface area contributed by atoms with Crippen LogP contribution in [-0.2, 0) is 13.5 Å². The highest BCUT2D eigenvalue weighted by molar-refractivity contribution is 5.78. The summed E-state index contributed by atoms with van der Waals surface area (Å²) in [5, 5.41) is 4.54. The van der Waals surface area contributed by atoms with Crippen LogP contribution in [0.3, 0.4) is 0 Å². The third-order valence-electron chi connectivity index (χ3n) is 4.25. The number of imidazole rings is 1. The Morgan fingerprint density at radius 1 is 1.39 bits per heavy atom. The van der Waals surface area contributed by atoms with Gasteiger partial charge in [0.1, 0.15) is 5.52 Å². The number of hydrogen-bond donors (Lipinski definition) is 1. The maximum absolute atomic E-state index is 6.14. The number of nitrogens with two attached hydrogens (primary N) is 1. The van der Waals surface area contributed by atoms with Crippen molar-refractivity contribution < 1.29 is 0 Å². The normalized spacial score (nSPS) is 24.2. The monoisotopic (exact) mass is 247 g/mol. The minimum atomic E-state index is 0.482. The Kier molecular flexibility index (Phi) is 2.57. The van der Waals surface area contributed by atoms with Crippen molar-refractivity contribution in [1.82, 2.24) is 19.3 Å². The molecule has 5 nitrogen and oxygen atoms in total. The smallest absolute Gasteiger partial charge is 0.202 e. The van der Waals surface area contributed by atoms with E-state index in [1.54, 1.807) is 0 Å². The van der Waals surface area contributed by atoms with Gasteiger partial charge in [0.25, 0.3) is 0 Å². The Morgan fingerprint density at radius 3 is 2.78 bits per heavy atom. The molecule has 0 spiro atoms. The number of anilines is 1. The predicted molar refractivity (Wildman–Crippen MR) is 72.3 cm³/mol. The van der Waals surface area contributed by atoms with E-state index in [-0.39, 0.29) is 0 Å². The Morgan fingerprint density at radius 2 is 2.17 bits per heavy atom. The Hall–Kier alpha value is -1.52. The minimum Gasteiger partial charge on any atom is -0.369 e. The van der Waals surface area contributed by atoms with E-state index in [1.165, 1.54) is 19.3 Å². The van der Waals surface area contributed by atoms with Gasteiger partial charge in [0.2, 0.25) is 5.95 Å². The fraction of sp³-hybridized carbons (Fsp3) is 0.692. The third kappa shape index (κ3) is 1.46. The van der Waals surface area contributed by atoms with Crippen molar-refractivity contribution in [3.05, 3.63) is 5.69 Å². The van der Waals surface area contributed by atoms with Crippen molar-refractivity contribution in [2.45, 2.75) is 45.6 Å². The van der Waals surface area contributed by atoms with Crippen LogP contribution in [0, 0.1) is 5.92 Å². The topological polar surface area (TPSA) is 61.7 Å². The number of aromatic nitrogens is 4. The molecule has 0 radical (unpaired) electrons. The molecule has 0 aliphatic heterocycles. The summed E-state index contributed by atoms with van der Waals surface area (Å²) in [6.07, 6.45) is 4.66. The predicted octanol–water partition coefficient (Wildman–Crippen LogP) is 2.28. The molecule has 0 bridgehead atoms. The standard InChI is InChI=1S/C13H21N5/c1-4-9-11-12(17(3)16-9)18(13(14)15-11)10-7-5-6-8(10)2/h8,10H,4-7H2,1-3H3,(H2,14,15). The van der Waals surface area contributed by atoms with Crippen LogP contribution < -0.4 is 5.73 Å². The summed E-state index contributed by atoms with van der Waals surface area (Å²) >= 11 is 0. The molecule has 2 aromatic heterocycles. The fourth-order valence-electron chi connectivity index (χ4n) is 3.29. The summed E-state index contributed by atoms with van der Waals surface area (Å²) in [6.45, 7) is 4.41. The van der Waals surface area contributed by atoms with Crippen molar-refractivity contribution >= 4 is 17.1 Å². The zero-order valence-electron chi connectivity index (χ0n) is 11.3. The van der Waals surface area contributed by atoms with E-state index < -0.39 is 0 Å². The lowest BCUT2D eigenvalue weighted by Gasteiger charge is -2.19. The average molecular weight is 247 g/mol. The molecule has 2 N–H and O–H groups in total. The summed E-state index contributed by atoms with van der Waals surface area (Å²) < 4.78 is 4.14. The van der Waals surface area contributed by atoms with Crippen LogP contribution in [0.1, 0.15) is 44.8 Å². The first-order chi connectivity index (χ1) is 8.63. The largest absolute Gasteiger partial charge is 0.369 e. The third-order valence-corrected chi connectivity index (χ3v) is 4.25. The number of rotatable bonds is 2. The van der Waals surface area contributed by atoms with Gasteiger partial charge in [-0.25, -0.2) is 4.98 Å². The maximum atomic E-state index is 6.14. The van der Waals surface area contributed by atoms with Gasteiger partial charge < -0.3 is 5.73 Å². The van der Waals surface area contributed by atoms with Gasteiger partial charge in [-0.15, -0.1) is 0 Å². The van der Waals surface area contributed by atoms with E-state index in [4.69, 9.17) is 5.73 Å². The summed E-state index contributed by atoms with van der Waals surface area (Å²) in [6, 6.07) is 0.482. The van der Waals surface area contributed by atoms with Crippen molar-refractivity contribution in [2.24, 2.45) is 13.0 Å². The molecular formula is C13H21N5. The van der Waals surface area contributed by atoms with Crippen LogP contribution in [0.15, 0.2) is 0 Å². The number of nitrogen functional groups attached to an aromatic ring is 1. The molecule has 0 amide bonds. The molecular weight excluding hydrogens is 226 g/mol. The van der Waals surface area contributed by atoms with Crippen LogP contribution in [0.5, 0.6) is 0 Å². The van der Waals surface area contributed by atoms with Crippen LogP contribution in [-0.4, -0.2) is 19.3 Å². The van der Waals surface area contributed by atoms with Crippen LogP contribution in [0.2, 0.25) is 0 Å². The summed E-state index contributed by atoms with van der Waals surface area (Å²) in [7, 11) is 1.98.